The molecular formula is C26H22Cl2N2O3. The van der Waals surface area contributed by atoms with Gasteiger partial charge in [0.1, 0.15) is 18.2 Å². The predicted octanol–water partition coefficient (Wildman–Crippen LogP) is 6.83. The van der Waals surface area contributed by atoms with Crippen molar-refractivity contribution in [3.05, 3.63) is 93.0 Å². The third kappa shape index (κ3) is 6.76. The second kappa shape index (κ2) is 11.4. The number of nitriles is 1. The number of hydrogen-bond donors (Lipinski definition) is 1. The lowest BCUT2D eigenvalue weighted by atomic mass is 10.1. The van der Waals surface area contributed by atoms with E-state index in [2.05, 4.69) is 5.32 Å². The summed E-state index contributed by atoms with van der Waals surface area (Å²) in [4.78, 5) is 12.6. The molecule has 33 heavy (non-hydrogen) atoms. The van der Waals surface area contributed by atoms with Crippen molar-refractivity contribution in [3.63, 3.8) is 0 Å². The Morgan fingerprint density at radius 2 is 1.88 bits per heavy atom. The highest BCUT2D eigenvalue weighted by molar-refractivity contribution is 6.31. The number of carbonyl (C=O) groups is 1. The van der Waals surface area contributed by atoms with E-state index in [0.29, 0.717) is 46.0 Å². The number of carbonyl (C=O) groups excluding carboxylic acids is 1. The molecule has 0 saturated heterocycles. The van der Waals surface area contributed by atoms with Gasteiger partial charge in [0.25, 0.3) is 5.91 Å². The maximum atomic E-state index is 12.6. The first-order valence-electron chi connectivity index (χ1n) is 10.2. The van der Waals surface area contributed by atoms with Gasteiger partial charge >= 0.3 is 0 Å². The van der Waals surface area contributed by atoms with Gasteiger partial charge < -0.3 is 14.8 Å². The summed E-state index contributed by atoms with van der Waals surface area (Å²) in [5.41, 5.74) is 2.90. The minimum atomic E-state index is -0.531. The van der Waals surface area contributed by atoms with Crippen molar-refractivity contribution >= 4 is 40.9 Å². The number of halogens is 2. The van der Waals surface area contributed by atoms with Crippen LogP contribution in [0.1, 0.15) is 23.6 Å². The Kier molecular flexibility index (Phi) is 8.37. The van der Waals surface area contributed by atoms with E-state index in [4.69, 9.17) is 32.7 Å². The zero-order chi connectivity index (χ0) is 23.8. The van der Waals surface area contributed by atoms with Gasteiger partial charge in [0.2, 0.25) is 0 Å². The number of anilines is 1. The molecule has 7 heteroatoms. The standard InChI is InChI=1S/C26H22Cl2N2O3/c1-3-32-25-13-18(8-10-24(25)33-16-19-5-4-6-21(27)12-19)11-20(15-29)26(31)30-22-9-7-17(2)23(28)14-22/h4-14H,3,16H2,1-2H3,(H,30,31)/b20-11+. The van der Waals surface area contributed by atoms with Crippen molar-refractivity contribution < 1.29 is 14.3 Å². The molecule has 168 valence electrons. The molecule has 0 fully saturated rings. The summed E-state index contributed by atoms with van der Waals surface area (Å²) in [5, 5.41) is 13.4. The lowest BCUT2D eigenvalue weighted by molar-refractivity contribution is -0.112. The largest absolute Gasteiger partial charge is 0.490 e. The van der Waals surface area contributed by atoms with Gasteiger partial charge in [-0.3, -0.25) is 4.79 Å². The molecule has 0 aromatic heterocycles. The van der Waals surface area contributed by atoms with Crippen LogP contribution in [0.15, 0.2) is 66.2 Å². The van der Waals surface area contributed by atoms with Crippen LogP contribution in [0.3, 0.4) is 0 Å². The maximum absolute atomic E-state index is 12.6. The van der Waals surface area contributed by atoms with Gasteiger partial charge in [-0.05, 0) is 73.0 Å². The Labute approximate surface area is 203 Å². The number of amides is 1. The first-order valence-corrected chi connectivity index (χ1v) is 11.0. The second-order valence-electron chi connectivity index (χ2n) is 7.15. The molecule has 3 rings (SSSR count). The first-order chi connectivity index (χ1) is 15.9. The van der Waals surface area contributed by atoms with Gasteiger partial charge in [-0.15, -0.1) is 0 Å². The van der Waals surface area contributed by atoms with Crippen LogP contribution >= 0.6 is 23.2 Å². The van der Waals surface area contributed by atoms with Crippen molar-refractivity contribution in [2.75, 3.05) is 11.9 Å². The number of aryl methyl sites for hydroxylation is 1. The molecule has 5 nitrogen and oxygen atoms in total. The fourth-order valence-electron chi connectivity index (χ4n) is 2.97. The van der Waals surface area contributed by atoms with Crippen LogP contribution in [-0.2, 0) is 11.4 Å². The summed E-state index contributed by atoms with van der Waals surface area (Å²) in [7, 11) is 0. The smallest absolute Gasteiger partial charge is 0.266 e. The Morgan fingerprint density at radius 1 is 1.06 bits per heavy atom. The van der Waals surface area contributed by atoms with Crippen molar-refractivity contribution in [1.29, 1.82) is 5.26 Å². The van der Waals surface area contributed by atoms with Crippen LogP contribution in [0.25, 0.3) is 6.08 Å². The lowest BCUT2D eigenvalue weighted by Crippen LogP contribution is -2.13. The van der Waals surface area contributed by atoms with Crippen LogP contribution in [0, 0.1) is 18.3 Å². The quantitative estimate of drug-likeness (QED) is 0.283. The van der Waals surface area contributed by atoms with Crippen LogP contribution in [0.2, 0.25) is 10.0 Å². The van der Waals surface area contributed by atoms with Crippen LogP contribution < -0.4 is 14.8 Å². The molecule has 0 aliphatic carbocycles. The second-order valence-corrected chi connectivity index (χ2v) is 7.99. The topological polar surface area (TPSA) is 71.3 Å². The number of rotatable bonds is 8. The van der Waals surface area contributed by atoms with Crippen molar-refractivity contribution in [2.24, 2.45) is 0 Å². The molecule has 0 aliphatic heterocycles. The van der Waals surface area contributed by atoms with Gasteiger partial charge in [-0.1, -0.05) is 47.5 Å². The zero-order valence-corrected chi connectivity index (χ0v) is 19.7. The van der Waals surface area contributed by atoms with E-state index >= 15 is 0 Å². The average Bonchev–Trinajstić information content (AvgIpc) is 2.79. The molecule has 0 aliphatic rings. The minimum Gasteiger partial charge on any atom is -0.490 e. The fourth-order valence-corrected chi connectivity index (χ4v) is 3.37. The Bertz CT molecular complexity index is 1230. The average molecular weight is 481 g/mol. The van der Waals surface area contributed by atoms with Gasteiger partial charge in [-0.2, -0.15) is 5.26 Å². The molecule has 0 heterocycles. The van der Waals surface area contributed by atoms with Gasteiger partial charge in [0, 0.05) is 15.7 Å². The highest BCUT2D eigenvalue weighted by Crippen LogP contribution is 2.30. The normalized spacial score (nSPS) is 10.9. The molecule has 0 radical (unpaired) electrons. The van der Waals surface area contributed by atoms with E-state index < -0.39 is 5.91 Å². The fraction of sp³-hybridized carbons (Fsp3) is 0.154. The maximum Gasteiger partial charge on any atom is 0.266 e. The van der Waals surface area contributed by atoms with Crippen molar-refractivity contribution in [2.45, 2.75) is 20.5 Å². The third-order valence-electron chi connectivity index (χ3n) is 4.66. The Morgan fingerprint density at radius 3 is 2.58 bits per heavy atom. The molecule has 0 atom stereocenters. The van der Waals surface area contributed by atoms with Gasteiger partial charge in [-0.25, -0.2) is 0 Å². The van der Waals surface area contributed by atoms with E-state index in [0.717, 1.165) is 11.1 Å². The highest BCUT2D eigenvalue weighted by atomic mass is 35.5. The van der Waals surface area contributed by atoms with Crippen LogP contribution in [0.4, 0.5) is 5.69 Å². The monoisotopic (exact) mass is 480 g/mol. The van der Waals surface area contributed by atoms with Crippen molar-refractivity contribution in [1.82, 2.24) is 0 Å². The molecule has 1 N–H and O–H groups in total. The number of hydrogen-bond acceptors (Lipinski definition) is 4. The molecule has 1 amide bonds. The summed E-state index contributed by atoms with van der Waals surface area (Å²) in [6, 6.07) is 19.7. The Balaban J connectivity index is 1.78. The van der Waals surface area contributed by atoms with E-state index in [1.54, 1.807) is 42.5 Å². The molecule has 0 spiro atoms. The summed E-state index contributed by atoms with van der Waals surface area (Å²) in [5.74, 6) is 0.527. The summed E-state index contributed by atoms with van der Waals surface area (Å²) in [6.07, 6.45) is 1.49. The Hall–Kier alpha value is -3.46. The minimum absolute atomic E-state index is 0.0539. The summed E-state index contributed by atoms with van der Waals surface area (Å²) < 4.78 is 11.6. The molecule has 0 saturated carbocycles. The SMILES string of the molecule is CCOc1cc(/C=C(\C#N)C(=O)Nc2ccc(C)c(Cl)c2)ccc1OCc1cccc(Cl)c1. The zero-order valence-electron chi connectivity index (χ0n) is 18.2. The van der Waals surface area contributed by atoms with Crippen LogP contribution in [-0.4, -0.2) is 12.5 Å². The first kappa shape index (κ1) is 24.2. The number of nitrogens with one attached hydrogen (secondary N) is 1. The summed E-state index contributed by atoms with van der Waals surface area (Å²) >= 11 is 12.1. The van der Waals surface area contributed by atoms with E-state index in [1.807, 2.05) is 38.1 Å². The van der Waals surface area contributed by atoms with Crippen molar-refractivity contribution in [3.8, 4) is 17.6 Å². The highest BCUT2D eigenvalue weighted by Gasteiger charge is 2.12. The molecule has 3 aromatic rings. The molecular weight excluding hydrogens is 459 g/mol. The predicted molar refractivity (Wildman–Crippen MR) is 132 cm³/mol. The van der Waals surface area contributed by atoms with E-state index in [1.165, 1.54) is 6.08 Å². The number of ether oxygens (including phenoxy) is 2. The van der Waals surface area contributed by atoms with E-state index in [-0.39, 0.29) is 5.57 Å². The number of nitrogens with zero attached hydrogens (tertiary/aromatic N) is 1. The third-order valence-corrected chi connectivity index (χ3v) is 5.30. The van der Waals surface area contributed by atoms with Crippen LogP contribution in [0.5, 0.6) is 11.5 Å². The lowest BCUT2D eigenvalue weighted by Gasteiger charge is -2.13. The molecule has 3 aromatic carbocycles. The molecule has 0 unspecified atom stereocenters. The number of benzene rings is 3. The summed E-state index contributed by atoms with van der Waals surface area (Å²) in [6.45, 7) is 4.48. The van der Waals surface area contributed by atoms with E-state index in [9.17, 15) is 10.1 Å². The van der Waals surface area contributed by atoms with Gasteiger partial charge in [0.05, 0.1) is 6.61 Å². The van der Waals surface area contributed by atoms with Gasteiger partial charge in [0.15, 0.2) is 11.5 Å². The molecule has 0 bridgehead atoms.